The third kappa shape index (κ3) is 2.86. The highest BCUT2D eigenvalue weighted by atomic mass is 16.5. The van der Waals surface area contributed by atoms with Gasteiger partial charge < -0.3 is 19.4 Å². The van der Waals surface area contributed by atoms with E-state index < -0.39 is 0 Å². The predicted molar refractivity (Wildman–Crippen MR) is 117 cm³/mol. The van der Waals surface area contributed by atoms with Gasteiger partial charge in [0.15, 0.2) is 0 Å². The molecule has 3 heterocycles. The van der Waals surface area contributed by atoms with E-state index in [1.54, 1.807) is 0 Å². The van der Waals surface area contributed by atoms with Crippen molar-refractivity contribution in [2.24, 2.45) is 11.8 Å². The SMILES string of the molecule is CN(C)C[C@H]1[C@H]2CN(C(=O)c3ccc(N(C)C)c4ccccc34)C[C@]23CC[C@H]1O3. The Morgan fingerprint density at radius 2 is 1.90 bits per heavy atom. The molecule has 0 aliphatic carbocycles. The summed E-state index contributed by atoms with van der Waals surface area (Å²) in [6.45, 7) is 2.60. The summed E-state index contributed by atoms with van der Waals surface area (Å²) in [6, 6.07) is 12.3. The number of nitrogens with zero attached hydrogens (tertiary/aromatic N) is 3. The summed E-state index contributed by atoms with van der Waals surface area (Å²) >= 11 is 0. The van der Waals surface area contributed by atoms with Crippen molar-refractivity contribution in [1.29, 1.82) is 0 Å². The van der Waals surface area contributed by atoms with Crippen molar-refractivity contribution in [2.45, 2.75) is 24.5 Å². The van der Waals surface area contributed by atoms with Crippen LogP contribution in [0.3, 0.4) is 0 Å². The van der Waals surface area contributed by atoms with E-state index in [9.17, 15) is 4.79 Å². The van der Waals surface area contributed by atoms with Gasteiger partial charge in [0.1, 0.15) is 0 Å². The van der Waals surface area contributed by atoms with Gasteiger partial charge in [-0.15, -0.1) is 0 Å². The smallest absolute Gasteiger partial charge is 0.254 e. The molecule has 4 atom stereocenters. The number of rotatable bonds is 4. The first kappa shape index (κ1) is 18.9. The molecule has 5 heteroatoms. The molecule has 3 aliphatic rings. The van der Waals surface area contributed by atoms with Crippen LogP contribution in [0, 0.1) is 11.8 Å². The fraction of sp³-hybridized carbons (Fsp3) is 0.542. The number of fused-ring (bicyclic) bond motifs is 2. The van der Waals surface area contributed by atoms with Gasteiger partial charge in [-0.3, -0.25) is 4.79 Å². The van der Waals surface area contributed by atoms with Crippen LogP contribution in [-0.2, 0) is 4.74 Å². The predicted octanol–water partition coefficient (Wildman–Crippen LogP) is 3.09. The zero-order valence-electron chi connectivity index (χ0n) is 17.9. The van der Waals surface area contributed by atoms with E-state index in [0.29, 0.717) is 17.9 Å². The first-order valence-electron chi connectivity index (χ1n) is 10.7. The van der Waals surface area contributed by atoms with Crippen LogP contribution in [0.2, 0.25) is 0 Å². The first-order chi connectivity index (χ1) is 13.9. The molecule has 2 aromatic rings. The molecule has 5 rings (SSSR count). The lowest BCUT2D eigenvalue weighted by atomic mass is 9.73. The molecule has 2 aromatic carbocycles. The van der Waals surface area contributed by atoms with Crippen molar-refractivity contribution in [3.8, 4) is 0 Å². The molecule has 0 unspecified atom stereocenters. The van der Waals surface area contributed by atoms with Crippen LogP contribution in [0.1, 0.15) is 23.2 Å². The van der Waals surface area contributed by atoms with Gasteiger partial charge in [0.25, 0.3) is 5.91 Å². The minimum atomic E-state index is -0.111. The van der Waals surface area contributed by atoms with E-state index >= 15 is 0 Å². The Labute approximate surface area is 173 Å². The molecule has 3 aliphatic heterocycles. The molecule has 0 aromatic heterocycles. The zero-order chi connectivity index (χ0) is 20.3. The third-order valence-electron chi connectivity index (χ3n) is 7.26. The lowest BCUT2D eigenvalue weighted by Gasteiger charge is -2.30. The number of likely N-dealkylation sites (tertiary alicyclic amines) is 1. The van der Waals surface area contributed by atoms with E-state index in [1.165, 1.54) is 0 Å². The van der Waals surface area contributed by atoms with Crippen molar-refractivity contribution >= 4 is 22.4 Å². The summed E-state index contributed by atoms with van der Waals surface area (Å²) in [7, 11) is 8.36. The Hall–Kier alpha value is -2.11. The zero-order valence-corrected chi connectivity index (χ0v) is 17.9. The number of hydrogen-bond donors (Lipinski definition) is 0. The minimum absolute atomic E-state index is 0.111. The number of hydrogen-bond acceptors (Lipinski definition) is 4. The maximum Gasteiger partial charge on any atom is 0.254 e. The number of amides is 1. The summed E-state index contributed by atoms with van der Waals surface area (Å²) in [5, 5.41) is 2.16. The first-order valence-corrected chi connectivity index (χ1v) is 10.7. The van der Waals surface area contributed by atoms with Crippen molar-refractivity contribution in [2.75, 3.05) is 52.7 Å². The lowest BCUT2D eigenvalue weighted by Crippen LogP contribution is -2.40. The lowest BCUT2D eigenvalue weighted by molar-refractivity contribution is 0.00258. The maximum absolute atomic E-state index is 13.6. The molecule has 3 saturated heterocycles. The van der Waals surface area contributed by atoms with Crippen molar-refractivity contribution in [3.63, 3.8) is 0 Å². The van der Waals surface area contributed by atoms with Gasteiger partial charge in [-0.05, 0) is 44.5 Å². The molecule has 2 bridgehead atoms. The summed E-state index contributed by atoms with van der Waals surface area (Å²) < 4.78 is 6.52. The van der Waals surface area contributed by atoms with E-state index in [2.05, 4.69) is 47.0 Å². The van der Waals surface area contributed by atoms with Crippen molar-refractivity contribution < 1.29 is 9.53 Å². The van der Waals surface area contributed by atoms with Gasteiger partial charge in [0, 0.05) is 55.7 Å². The maximum atomic E-state index is 13.6. The molecule has 0 saturated carbocycles. The van der Waals surface area contributed by atoms with E-state index in [1.807, 2.05) is 32.3 Å². The molecule has 5 nitrogen and oxygen atoms in total. The van der Waals surface area contributed by atoms with Crippen LogP contribution in [0.5, 0.6) is 0 Å². The Bertz CT molecular complexity index is 956. The second kappa shape index (κ2) is 6.71. The van der Waals surface area contributed by atoms with Crippen LogP contribution in [0.4, 0.5) is 5.69 Å². The van der Waals surface area contributed by atoms with E-state index in [4.69, 9.17) is 4.74 Å². The van der Waals surface area contributed by atoms with E-state index in [-0.39, 0.29) is 11.5 Å². The quantitative estimate of drug-likeness (QED) is 0.800. The number of anilines is 1. The van der Waals surface area contributed by atoms with Crippen LogP contribution < -0.4 is 4.90 Å². The van der Waals surface area contributed by atoms with E-state index in [0.717, 1.165) is 54.5 Å². The Morgan fingerprint density at radius 1 is 1.14 bits per heavy atom. The van der Waals surface area contributed by atoms with Crippen LogP contribution in [-0.4, -0.2) is 75.2 Å². The fourth-order valence-corrected chi connectivity index (χ4v) is 6.04. The third-order valence-corrected chi connectivity index (χ3v) is 7.26. The summed E-state index contributed by atoms with van der Waals surface area (Å²) in [4.78, 5) is 20.1. The average molecular weight is 394 g/mol. The van der Waals surface area contributed by atoms with Gasteiger partial charge in [0.05, 0.1) is 18.2 Å². The second-order valence-electron chi connectivity index (χ2n) is 9.55. The van der Waals surface area contributed by atoms with Gasteiger partial charge in [0.2, 0.25) is 0 Å². The fourth-order valence-electron chi connectivity index (χ4n) is 6.04. The van der Waals surface area contributed by atoms with Crippen LogP contribution >= 0.6 is 0 Å². The summed E-state index contributed by atoms with van der Waals surface area (Å²) in [6.07, 6.45) is 2.60. The van der Waals surface area contributed by atoms with Crippen molar-refractivity contribution in [3.05, 3.63) is 42.0 Å². The summed E-state index contributed by atoms with van der Waals surface area (Å²) in [5.74, 6) is 1.13. The molecule has 1 spiro atoms. The Balaban J connectivity index is 1.47. The monoisotopic (exact) mass is 393 g/mol. The second-order valence-corrected chi connectivity index (χ2v) is 9.55. The van der Waals surface area contributed by atoms with Gasteiger partial charge in [-0.25, -0.2) is 0 Å². The number of carbonyl (C=O) groups excluding carboxylic acids is 1. The molecular formula is C24H31N3O2. The molecular weight excluding hydrogens is 362 g/mol. The van der Waals surface area contributed by atoms with Gasteiger partial charge in [-0.2, -0.15) is 0 Å². The molecule has 0 radical (unpaired) electrons. The Morgan fingerprint density at radius 3 is 2.62 bits per heavy atom. The van der Waals surface area contributed by atoms with Gasteiger partial charge >= 0.3 is 0 Å². The standard InChI is InChI=1S/C24H31N3O2/c1-25(2)13-19-20-14-27(15-24(20)12-11-22(19)29-24)23(28)18-9-10-21(26(3)4)17-8-6-5-7-16(17)18/h5-10,19-20,22H,11-15H2,1-4H3/t19-,20+,22+,24+/m0/s1. The normalized spacial score (nSPS) is 30.4. The molecule has 0 N–H and O–H groups in total. The molecule has 154 valence electrons. The minimum Gasteiger partial charge on any atom is -0.377 e. The number of benzene rings is 2. The molecule has 1 amide bonds. The average Bonchev–Trinajstić information content (AvgIpc) is 3.36. The number of ether oxygens (including phenoxy) is 1. The highest BCUT2D eigenvalue weighted by Gasteiger charge is 2.63. The van der Waals surface area contributed by atoms with Crippen molar-refractivity contribution in [1.82, 2.24) is 9.80 Å². The largest absolute Gasteiger partial charge is 0.377 e. The highest BCUT2D eigenvalue weighted by Crippen LogP contribution is 2.55. The molecule has 29 heavy (non-hydrogen) atoms. The Kier molecular flexibility index (Phi) is 4.37. The number of carbonyl (C=O) groups is 1. The van der Waals surface area contributed by atoms with Gasteiger partial charge in [-0.1, -0.05) is 24.3 Å². The molecule has 3 fully saturated rings. The topological polar surface area (TPSA) is 36.0 Å². The highest BCUT2D eigenvalue weighted by molar-refractivity contribution is 6.10. The summed E-state index contributed by atoms with van der Waals surface area (Å²) in [5.41, 5.74) is 1.84. The van der Waals surface area contributed by atoms with Crippen LogP contribution in [0.25, 0.3) is 10.8 Å². The van der Waals surface area contributed by atoms with Crippen LogP contribution in [0.15, 0.2) is 36.4 Å².